The summed E-state index contributed by atoms with van der Waals surface area (Å²) in [5.41, 5.74) is 0.925. The maximum Gasteiger partial charge on any atom is 0.573 e. The molecule has 0 aliphatic carbocycles. The van der Waals surface area contributed by atoms with Gasteiger partial charge in [0.05, 0.1) is 5.01 Å². The minimum absolute atomic E-state index is 0.197. The van der Waals surface area contributed by atoms with Gasteiger partial charge in [-0.1, -0.05) is 12.1 Å². The highest BCUT2D eigenvalue weighted by atomic mass is 32.1. The number of thiazole rings is 1. The van der Waals surface area contributed by atoms with Gasteiger partial charge in [0.1, 0.15) is 5.75 Å². The number of piperidine rings is 1. The van der Waals surface area contributed by atoms with E-state index in [1.807, 2.05) is 6.20 Å². The third-order valence-corrected chi connectivity index (χ3v) is 5.36. The lowest BCUT2D eigenvalue weighted by Crippen LogP contribution is -2.28. The molecule has 1 saturated heterocycles. The van der Waals surface area contributed by atoms with Crippen molar-refractivity contribution in [3.05, 3.63) is 45.9 Å². The second-order valence-corrected chi connectivity index (χ2v) is 7.25. The van der Waals surface area contributed by atoms with Crippen LogP contribution < -0.4 is 4.74 Å². The number of nitrogens with zero attached hydrogens (tertiary/aromatic N) is 2. The van der Waals surface area contributed by atoms with Crippen molar-refractivity contribution in [1.29, 1.82) is 0 Å². The van der Waals surface area contributed by atoms with E-state index < -0.39 is 6.36 Å². The maximum absolute atomic E-state index is 12.2. The Morgan fingerprint density at radius 3 is 2.50 bits per heavy atom. The molecule has 0 radical (unpaired) electrons. The van der Waals surface area contributed by atoms with Crippen LogP contribution in [0.5, 0.6) is 5.75 Å². The third kappa shape index (κ3) is 4.70. The predicted molar refractivity (Wildman–Crippen MR) is 87.5 cm³/mol. The van der Waals surface area contributed by atoms with E-state index >= 15 is 0 Å². The van der Waals surface area contributed by atoms with Crippen LogP contribution in [-0.2, 0) is 6.42 Å². The fourth-order valence-electron chi connectivity index (χ4n) is 2.87. The fourth-order valence-corrected chi connectivity index (χ4v) is 4.00. The molecule has 1 aliphatic heterocycles. The lowest BCUT2D eigenvalue weighted by Gasteiger charge is -2.27. The summed E-state index contributed by atoms with van der Waals surface area (Å²) < 4.78 is 40.4. The molecule has 1 aromatic heterocycles. The van der Waals surface area contributed by atoms with E-state index in [1.54, 1.807) is 23.5 Å². The molecule has 2 aromatic rings. The summed E-state index contributed by atoms with van der Waals surface area (Å²) in [6.07, 6.45) is 0.240. The van der Waals surface area contributed by atoms with Gasteiger partial charge >= 0.3 is 6.36 Å². The highest BCUT2D eigenvalue weighted by Gasteiger charge is 2.31. The molecule has 1 fully saturated rings. The molecule has 2 heterocycles. The number of alkyl halides is 3. The Morgan fingerprint density at radius 2 is 1.88 bits per heavy atom. The summed E-state index contributed by atoms with van der Waals surface area (Å²) in [6, 6.07) is 5.98. The van der Waals surface area contributed by atoms with Crippen LogP contribution in [0.2, 0.25) is 0 Å². The quantitative estimate of drug-likeness (QED) is 0.810. The molecule has 7 heteroatoms. The van der Waals surface area contributed by atoms with E-state index in [1.165, 1.54) is 17.0 Å². The molecule has 3 rings (SSSR count). The fraction of sp³-hybridized carbons (Fsp3) is 0.471. The number of ether oxygens (including phenoxy) is 1. The summed E-state index contributed by atoms with van der Waals surface area (Å²) in [4.78, 5) is 8.13. The van der Waals surface area contributed by atoms with E-state index in [0.717, 1.165) is 36.5 Å². The zero-order valence-corrected chi connectivity index (χ0v) is 14.2. The molecule has 0 saturated carbocycles. The highest BCUT2D eigenvalue weighted by Crippen LogP contribution is 2.32. The van der Waals surface area contributed by atoms with Crippen LogP contribution in [0.1, 0.15) is 34.2 Å². The maximum atomic E-state index is 12.2. The summed E-state index contributed by atoms with van der Waals surface area (Å²) >= 11 is 1.71. The van der Waals surface area contributed by atoms with Crippen molar-refractivity contribution >= 4 is 11.3 Å². The lowest BCUT2D eigenvalue weighted by atomic mass is 9.96. The largest absolute Gasteiger partial charge is 0.573 e. The van der Waals surface area contributed by atoms with Gasteiger partial charge < -0.3 is 9.64 Å². The monoisotopic (exact) mass is 356 g/mol. The van der Waals surface area contributed by atoms with Crippen LogP contribution in [0.4, 0.5) is 13.2 Å². The van der Waals surface area contributed by atoms with Crippen LogP contribution in [0.15, 0.2) is 30.5 Å². The standard InChI is InChI=1S/C17H19F3N2OS/c1-22-8-6-13(7-9-22)15-11-21-16(24-15)10-12-2-4-14(5-3-12)23-17(18,19)20/h2-5,11,13H,6-10H2,1H3. The summed E-state index contributed by atoms with van der Waals surface area (Å²) in [5.74, 6) is 0.382. The van der Waals surface area contributed by atoms with Crippen molar-refractivity contribution in [2.24, 2.45) is 0 Å². The van der Waals surface area contributed by atoms with Gasteiger partial charge in [0.2, 0.25) is 0 Å². The molecule has 0 bridgehead atoms. The van der Waals surface area contributed by atoms with Gasteiger partial charge in [0, 0.05) is 17.5 Å². The Kier molecular flexibility index (Phi) is 5.10. The van der Waals surface area contributed by atoms with E-state index in [2.05, 4.69) is 21.7 Å². The number of rotatable bonds is 4. The number of aromatic nitrogens is 1. The molecule has 24 heavy (non-hydrogen) atoms. The number of halogens is 3. The van der Waals surface area contributed by atoms with Crippen LogP contribution in [0.3, 0.4) is 0 Å². The van der Waals surface area contributed by atoms with E-state index in [9.17, 15) is 13.2 Å². The van der Waals surface area contributed by atoms with Crippen molar-refractivity contribution in [2.45, 2.75) is 31.5 Å². The molecule has 0 unspecified atom stereocenters. The molecular formula is C17H19F3N2OS. The molecule has 1 aliphatic rings. The molecular weight excluding hydrogens is 337 g/mol. The average molecular weight is 356 g/mol. The van der Waals surface area contributed by atoms with Gasteiger partial charge in [-0.15, -0.1) is 24.5 Å². The second kappa shape index (κ2) is 7.11. The van der Waals surface area contributed by atoms with Crippen molar-refractivity contribution in [3.8, 4) is 5.75 Å². The van der Waals surface area contributed by atoms with E-state index in [4.69, 9.17) is 0 Å². The van der Waals surface area contributed by atoms with Crippen LogP contribution in [-0.4, -0.2) is 36.4 Å². The summed E-state index contributed by atoms with van der Waals surface area (Å²) in [5, 5.41) is 0.994. The normalized spacial score (nSPS) is 17.2. The van der Waals surface area contributed by atoms with Gasteiger partial charge in [0.15, 0.2) is 0 Å². The Morgan fingerprint density at radius 1 is 1.21 bits per heavy atom. The Bertz CT molecular complexity index is 661. The second-order valence-electron chi connectivity index (χ2n) is 6.10. The first-order valence-corrected chi connectivity index (χ1v) is 8.68. The smallest absolute Gasteiger partial charge is 0.406 e. The molecule has 1 aromatic carbocycles. The van der Waals surface area contributed by atoms with Gasteiger partial charge in [0.25, 0.3) is 0 Å². The van der Waals surface area contributed by atoms with Crippen molar-refractivity contribution in [3.63, 3.8) is 0 Å². The summed E-state index contributed by atoms with van der Waals surface area (Å²) in [7, 11) is 2.14. The topological polar surface area (TPSA) is 25.4 Å². The number of hydrogen-bond donors (Lipinski definition) is 0. The number of hydrogen-bond acceptors (Lipinski definition) is 4. The molecule has 0 spiro atoms. The first-order valence-electron chi connectivity index (χ1n) is 7.87. The average Bonchev–Trinajstić information content (AvgIpc) is 2.97. The molecule has 0 atom stereocenters. The first kappa shape index (κ1) is 17.2. The van der Waals surface area contributed by atoms with Crippen molar-refractivity contribution < 1.29 is 17.9 Å². The Balaban J connectivity index is 1.60. The van der Waals surface area contributed by atoms with Crippen molar-refractivity contribution in [1.82, 2.24) is 9.88 Å². The minimum Gasteiger partial charge on any atom is -0.406 e. The molecule has 0 amide bonds. The Hall–Kier alpha value is -1.60. The van der Waals surface area contributed by atoms with E-state index in [0.29, 0.717) is 12.3 Å². The summed E-state index contributed by atoms with van der Waals surface area (Å²) in [6.45, 7) is 2.22. The van der Waals surface area contributed by atoms with E-state index in [-0.39, 0.29) is 5.75 Å². The third-order valence-electron chi connectivity index (χ3n) is 4.20. The minimum atomic E-state index is -4.65. The number of benzene rings is 1. The van der Waals surface area contributed by atoms with Crippen LogP contribution >= 0.6 is 11.3 Å². The van der Waals surface area contributed by atoms with Gasteiger partial charge in [-0.05, 0) is 56.6 Å². The highest BCUT2D eigenvalue weighted by molar-refractivity contribution is 7.11. The zero-order chi connectivity index (χ0) is 17.2. The predicted octanol–water partition coefficient (Wildman–Crippen LogP) is 4.44. The van der Waals surface area contributed by atoms with Crippen LogP contribution in [0.25, 0.3) is 0 Å². The van der Waals surface area contributed by atoms with Gasteiger partial charge in [-0.3, -0.25) is 0 Å². The SMILES string of the molecule is CN1CCC(c2cnc(Cc3ccc(OC(F)(F)F)cc3)s2)CC1. The molecule has 130 valence electrons. The van der Waals surface area contributed by atoms with Gasteiger partial charge in [-0.25, -0.2) is 4.98 Å². The van der Waals surface area contributed by atoms with Crippen molar-refractivity contribution in [2.75, 3.05) is 20.1 Å². The van der Waals surface area contributed by atoms with Crippen LogP contribution in [0, 0.1) is 0 Å². The Labute approximate surface area is 143 Å². The zero-order valence-electron chi connectivity index (χ0n) is 13.3. The lowest BCUT2D eigenvalue weighted by molar-refractivity contribution is -0.274. The molecule has 3 nitrogen and oxygen atoms in total. The molecule has 0 N–H and O–H groups in total. The van der Waals surface area contributed by atoms with Gasteiger partial charge in [-0.2, -0.15) is 0 Å². The number of likely N-dealkylation sites (tertiary alicyclic amines) is 1. The first-order chi connectivity index (χ1) is 11.4.